The average molecular weight is 442 g/mol. The molecular formula is C28H27NO4. The van der Waals surface area contributed by atoms with Crippen molar-refractivity contribution in [2.75, 3.05) is 4.90 Å². The topological polar surface area (TPSA) is 73.2 Å². The second-order valence-corrected chi connectivity index (χ2v) is 8.33. The number of nitrogens with zero attached hydrogens (tertiary/aromatic N) is 1. The maximum atomic E-state index is 10.8. The lowest BCUT2D eigenvalue weighted by atomic mass is 10.1. The van der Waals surface area contributed by atoms with Crippen LogP contribution in [0.3, 0.4) is 0 Å². The van der Waals surface area contributed by atoms with Gasteiger partial charge in [-0.2, -0.15) is 0 Å². The number of aromatic hydroxyl groups is 3. The molecule has 0 amide bonds. The number of phenols is 3. The van der Waals surface area contributed by atoms with Crippen molar-refractivity contribution in [3.05, 3.63) is 95.1 Å². The van der Waals surface area contributed by atoms with Crippen LogP contribution in [0.5, 0.6) is 28.7 Å². The minimum absolute atomic E-state index is 0.103. The third-order valence-electron chi connectivity index (χ3n) is 5.48. The Labute approximate surface area is 193 Å². The van der Waals surface area contributed by atoms with Gasteiger partial charge in [0.1, 0.15) is 28.7 Å². The van der Waals surface area contributed by atoms with Gasteiger partial charge in [-0.15, -0.1) is 0 Å². The van der Waals surface area contributed by atoms with Gasteiger partial charge in [0, 0.05) is 6.07 Å². The van der Waals surface area contributed by atoms with Crippen molar-refractivity contribution in [1.82, 2.24) is 0 Å². The van der Waals surface area contributed by atoms with E-state index in [1.54, 1.807) is 29.2 Å². The summed E-state index contributed by atoms with van der Waals surface area (Å²) in [5, 5.41) is 31.3. The standard InChI is InChI=1S/C28H27NO4/c1-17-8-10-24(26(31)12-17)29(25-11-9-18(2)13-27(25)32)21-6-5-7-23(16-21)33-28-19(3)14-22(30)15-20(28)4/h5-16,30-32H,1-4H3. The minimum atomic E-state index is 0.103. The Hall–Kier alpha value is -4.12. The van der Waals surface area contributed by atoms with Crippen molar-refractivity contribution in [2.45, 2.75) is 27.7 Å². The van der Waals surface area contributed by atoms with Gasteiger partial charge >= 0.3 is 0 Å². The van der Waals surface area contributed by atoms with E-state index in [2.05, 4.69) is 0 Å². The molecule has 4 aromatic rings. The Bertz CT molecular complexity index is 1260. The van der Waals surface area contributed by atoms with E-state index in [-0.39, 0.29) is 17.2 Å². The smallest absolute Gasteiger partial charge is 0.139 e. The average Bonchev–Trinajstić information content (AvgIpc) is 2.74. The molecule has 0 aliphatic carbocycles. The Morgan fingerprint density at radius 2 is 1.18 bits per heavy atom. The zero-order valence-corrected chi connectivity index (χ0v) is 19.1. The zero-order chi connectivity index (χ0) is 23.7. The first-order chi connectivity index (χ1) is 15.7. The van der Waals surface area contributed by atoms with Crippen LogP contribution >= 0.6 is 0 Å². The van der Waals surface area contributed by atoms with Crippen molar-refractivity contribution in [2.24, 2.45) is 0 Å². The lowest BCUT2D eigenvalue weighted by molar-refractivity contribution is 0.458. The van der Waals surface area contributed by atoms with E-state index in [1.807, 2.05) is 76.2 Å². The van der Waals surface area contributed by atoms with Crippen molar-refractivity contribution in [3.8, 4) is 28.7 Å². The van der Waals surface area contributed by atoms with Crippen LogP contribution in [0.1, 0.15) is 22.3 Å². The molecule has 0 radical (unpaired) electrons. The normalized spacial score (nSPS) is 10.8. The van der Waals surface area contributed by atoms with Gasteiger partial charge in [-0.1, -0.05) is 18.2 Å². The van der Waals surface area contributed by atoms with Crippen LogP contribution in [0.15, 0.2) is 72.8 Å². The summed E-state index contributed by atoms with van der Waals surface area (Å²) in [7, 11) is 0. The third-order valence-corrected chi connectivity index (χ3v) is 5.48. The molecule has 0 heterocycles. The zero-order valence-electron chi connectivity index (χ0n) is 19.1. The second-order valence-electron chi connectivity index (χ2n) is 8.33. The Kier molecular flexibility index (Phi) is 5.88. The molecule has 168 valence electrons. The van der Waals surface area contributed by atoms with Crippen molar-refractivity contribution in [3.63, 3.8) is 0 Å². The van der Waals surface area contributed by atoms with E-state index in [9.17, 15) is 15.3 Å². The molecule has 0 unspecified atom stereocenters. The van der Waals surface area contributed by atoms with Crippen LogP contribution in [0, 0.1) is 27.7 Å². The number of ether oxygens (including phenoxy) is 1. The molecule has 4 rings (SSSR count). The van der Waals surface area contributed by atoms with Gasteiger partial charge in [0.05, 0.1) is 17.1 Å². The quantitative estimate of drug-likeness (QED) is 0.303. The van der Waals surface area contributed by atoms with E-state index >= 15 is 0 Å². The SMILES string of the molecule is Cc1ccc(N(c2cccc(Oc3c(C)cc(O)cc3C)c2)c2ccc(C)cc2O)c(O)c1. The van der Waals surface area contributed by atoms with E-state index in [0.29, 0.717) is 28.6 Å². The molecule has 4 aromatic carbocycles. The van der Waals surface area contributed by atoms with Gasteiger partial charge in [-0.05, 0) is 98.5 Å². The van der Waals surface area contributed by atoms with Gasteiger partial charge in [0.25, 0.3) is 0 Å². The predicted molar refractivity (Wildman–Crippen MR) is 132 cm³/mol. The number of rotatable bonds is 5. The summed E-state index contributed by atoms with van der Waals surface area (Å²) in [5.74, 6) is 1.67. The van der Waals surface area contributed by atoms with Gasteiger partial charge in [-0.25, -0.2) is 0 Å². The summed E-state index contributed by atoms with van der Waals surface area (Å²) in [6, 6.07) is 21.6. The molecule has 0 fully saturated rings. The predicted octanol–water partition coefficient (Wildman–Crippen LogP) is 7.30. The number of benzene rings is 4. The van der Waals surface area contributed by atoms with Crippen LogP contribution < -0.4 is 9.64 Å². The van der Waals surface area contributed by atoms with E-state index in [0.717, 1.165) is 22.3 Å². The fraction of sp³-hybridized carbons (Fsp3) is 0.143. The summed E-state index contributed by atoms with van der Waals surface area (Å²) in [6.07, 6.45) is 0. The molecule has 33 heavy (non-hydrogen) atoms. The Morgan fingerprint density at radius 1 is 0.636 bits per heavy atom. The van der Waals surface area contributed by atoms with Gasteiger partial charge < -0.3 is 25.0 Å². The summed E-state index contributed by atoms with van der Waals surface area (Å²) in [4.78, 5) is 1.80. The fourth-order valence-corrected chi connectivity index (χ4v) is 3.95. The number of aryl methyl sites for hydroxylation is 4. The summed E-state index contributed by atoms with van der Waals surface area (Å²) in [6.45, 7) is 7.59. The highest BCUT2D eigenvalue weighted by Crippen LogP contribution is 2.45. The van der Waals surface area contributed by atoms with Crippen LogP contribution in [0.2, 0.25) is 0 Å². The number of hydrogen-bond acceptors (Lipinski definition) is 5. The first-order valence-electron chi connectivity index (χ1n) is 10.7. The molecule has 0 aliphatic heterocycles. The van der Waals surface area contributed by atoms with Crippen LogP contribution in [0.4, 0.5) is 17.1 Å². The third kappa shape index (κ3) is 4.58. The molecule has 5 nitrogen and oxygen atoms in total. The number of anilines is 3. The van der Waals surface area contributed by atoms with Crippen molar-refractivity contribution in [1.29, 1.82) is 0 Å². The first kappa shape index (κ1) is 22.1. The summed E-state index contributed by atoms with van der Waals surface area (Å²) in [5.41, 5.74) is 5.28. The van der Waals surface area contributed by atoms with Crippen LogP contribution in [-0.4, -0.2) is 15.3 Å². The van der Waals surface area contributed by atoms with Crippen molar-refractivity contribution < 1.29 is 20.1 Å². The number of hydrogen-bond donors (Lipinski definition) is 3. The lowest BCUT2D eigenvalue weighted by Crippen LogP contribution is -2.10. The van der Waals surface area contributed by atoms with Crippen molar-refractivity contribution >= 4 is 17.1 Å². The lowest BCUT2D eigenvalue weighted by Gasteiger charge is -2.27. The largest absolute Gasteiger partial charge is 0.508 e. The first-order valence-corrected chi connectivity index (χ1v) is 10.7. The number of phenolic OH excluding ortho intramolecular Hbond substituents is 3. The minimum Gasteiger partial charge on any atom is -0.508 e. The van der Waals surface area contributed by atoms with E-state index in [1.165, 1.54) is 0 Å². The van der Waals surface area contributed by atoms with Crippen LogP contribution in [-0.2, 0) is 0 Å². The molecule has 0 saturated carbocycles. The molecule has 0 aliphatic rings. The summed E-state index contributed by atoms with van der Waals surface area (Å²) >= 11 is 0. The highest BCUT2D eigenvalue weighted by Gasteiger charge is 2.20. The van der Waals surface area contributed by atoms with Gasteiger partial charge in [0.15, 0.2) is 0 Å². The van der Waals surface area contributed by atoms with Crippen LogP contribution in [0.25, 0.3) is 0 Å². The monoisotopic (exact) mass is 441 g/mol. The molecule has 0 atom stereocenters. The van der Waals surface area contributed by atoms with E-state index < -0.39 is 0 Å². The highest BCUT2D eigenvalue weighted by atomic mass is 16.5. The molecule has 0 bridgehead atoms. The Morgan fingerprint density at radius 3 is 1.70 bits per heavy atom. The van der Waals surface area contributed by atoms with Gasteiger partial charge in [0.2, 0.25) is 0 Å². The van der Waals surface area contributed by atoms with E-state index in [4.69, 9.17) is 4.74 Å². The molecule has 5 heteroatoms. The second kappa shape index (κ2) is 8.79. The summed E-state index contributed by atoms with van der Waals surface area (Å²) < 4.78 is 6.19. The molecule has 3 N–H and O–H groups in total. The molecule has 0 spiro atoms. The molecule has 0 saturated heterocycles. The highest BCUT2D eigenvalue weighted by molar-refractivity contribution is 5.83. The maximum Gasteiger partial charge on any atom is 0.139 e. The maximum absolute atomic E-state index is 10.8. The fourth-order valence-electron chi connectivity index (χ4n) is 3.95. The molecular weight excluding hydrogens is 414 g/mol. The molecule has 0 aromatic heterocycles. The van der Waals surface area contributed by atoms with Gasteiger partial charge in [-0.3, -0.25) is 0 Å². The Balaban J connectivity index is 1.83.